The number of hydrogen-bond acceptors (Lipinski definition) is 9. The van der Waals surface area contributed by atoms with Gasteiger partial charge in [0, 0.05) is 29.6 Å². The smallest absolute Gasteiger partial charge is 0.302 e. The Labute approximate surface area is 267 Å². The fraction of sp³-hybridized carbons (Fsp3) is 0.235. The molecule has 1 amide bonds. The van der Waals surface area contributed by atoms with Crippen LogP contribution in [-0.2, 0) is 20.9 Å². The quantitative estimate of drug-likeness (QED) is 0.146. The molecule has 2 aliphatic heterocycles. The number of nitrogens with zero attached hydrogens (tertiary/aromatic N) is 2. The third-order valence-corrected chi connectivity index (χ3v) is 8.93. The Morgan fingerprint density at radius 3 is 2.11 bits per heavy atom. The minimum Gasteiger partial charge on any atom is -0.464 e. The van der Waals surface area contributed by atoms with Crippen molar-refractivity contribution in [2.75, 3.05) is 25.0 Å². The number of Topliss-reactive ketones (excluding diaryl/α,β-unsaturated/α-hetero) is 1. The molecule has 2 N–H and O–H groups in total. The summed E-state index contributed by atoms with van der Waals surface area (Å²) in [5.74, 6) is -0.404. The van der Waals surface area contributed by atoms with Crippen LogP contribution in [0.3, 0.4) is 0 Å². The van der Waals surface area contributed by atoms with Crippen molar-refractivity contribution in [1.29, 1.82) is 5.41 Å². The van der Waals surface area contributed by atoms with E-state index in [2.05, 4.69) is 5.32 Å². The van der Waals surface area contributed by atoms with Crippen LogP contribution in [0.5, 0.6) is 0 Å². The summed E-state index contributed by atoms with van der Waals surface area (Å²) in [7, 11) is 0. The van der Waals surface area contributed by atoms with Gasteiger partial charge >= 0.3 is 5.97 Å². The molecule has 0 aromatic heterocycles. The van der Waals surface area contributed by atoms with Crippen molar-refractivity contribution in [3.63, 3.8) is 0 Å². The van der Waals surface area contributed by atoms with Gasteiger partial charge in [-0.15, -0.1) is 0 Å². The zero-order chi connectivity index (χ0) is 31.6. The van der Waals surface area contributed by atoms with E-state index in [1.165, 1.54) is 35.3 Å². The summed E-state index contributed by atoms with van der Waals surface area (Å²) in [4.78, 5) is 40.7. The van der Waals surface area contributed by atoms with Crippen LogP contribution in [0.4, 0.5) is 5.69 Å². The maximum Gasteiger partial charge on any atom is 0.302 e. The van der Waals surface area contributed by atoms with Crippen LogP contribution in [0.2, 0.25) is 0 Å². The largest absolute Gasteiger partial charge is 0.464 e. The van der Waals surface area contributed by atoms with Gasteiger partial charge in [-0.2, -0.15) is 0 Å². The Balaban J connectivity index is 0.000000309. The standard InChI is InChI=1S/C24H23N3O3S2.C10H13NO/c1-16-20(19-11-7-4-8-12-19)26(13-14-30-17(2)28)23(31-16)21-22(29)27(24(25)32-21)15-18-9-5-3-6-10-18;1-3-11-10-6-4-9(5-7-10)8(2)12/h3-12,25H,13-15H2,1-2H3;4-7,11H,3H2,1-2H3/b23-21-,25-24?;. The highest BCUT2D eigenvalue weighted by molar-refractivity contribution is 8.19. The van der Waals surface area contributed by atoms with Crippen molar-refractivity contribution in [3.05, 3.63) is 116 Å². The predicted octanol–water partition coefficient (Wildman–Crippen LogP) is 7.19. The van der Waals surface area contributed by atoms with Gasteiger partial charge in [0.1, 0.15) is 11.5 Å². The average Bonchev–Trinajstić information content (AvgIpc) is 3.49. The summed E-state index contributed by atoms with van der Waals surface area (Å²) in [6, 6.07) is 27.1. The Morgan fingerprint density at radius 2 is 1.52 bits per heavy atom. The van der Waals surface area contributed by atoms with Gasteiger partial charge in [-0.05, 0) is 67.9 Å². The minimum atomic E-state index is -0.338. The highest BCUT2D eigenvalue weighted by Gasteiger charge is 2.39. The van der Waals surface area contributed by atoms with Crippen LogP contribution in [0, 0.1) is 5.41 Å². The summed E-state index contributed by atoms with van der Waals surface area (Å²) >= 11 is 2.71. The molecule has 0 atom stereocenters. The number of amides is 1. The molecule has 3 aromatic rings. The fourth-order valence-corrected chi connectivity index (χ4v) is 6.82. The summed E-state index contributed by atoms with van der Waals surface area (Å²) < 4.78 is 5.20. The fourth-order valence-electron chi connectivity index (χ4n) is 4.64. The lowest BCUT2D eigenvalue weighted by Crippen LogP contribution is -2.29. The number of carbonyl (C=O) groups is 3. The number of thioether (sulfide) groups is 2. The number of ether oxygens (including phenoxy) is 1. The maximum atomic E-state index is 13.3. The lowest BCUT2D eigenvalue weighted by Gasteiger charge is -2.24. The van der Waals surface area contributed by atoms with Crippen LogP contribution < -0.4 is 5.32 Å². The average molecular weight is 629 g/mol. The van der Waals surface area contributed by atoms with E-state index in [1.807, 2.05) is 104 Å². The number of carbonyl (C=O) groups excluding carboxylic acids is 3. The van der Waals surface area contributed by atoms with Crippen LogP contribution in [0.15, 0.2) is 99.8 Å². The molecule has 0 saturated carbocycles. The molecule has 2 heterocycles. The highest BCUT2D eigenvalue weighted by Crippen LogP contribution is 2.50. The van der Waals surface area contributed by atoms with E-state index in [9.17, 15) is 14.4 Å². The molecule has 1 saturated heterocycles. The Bertz CT molecular complexity index is 1570. The molecule has 1 fully saturated rings. The number of allylic oxidation sites excluding steroid dienone is 1. The van der Waals surface area contributed by atoms with Crippen molar-refractivity contribution < 1.29 is 19.1 Å². The molecule has 8 nitrogen and oxygen atoms in total. The Hall–Kier alpha value is -4.28. The molecule has 0 radical (unpaired) electrons. The van der Waals surface area contributed by atoms with E-state index in [1.54, 1.807) is 6.92 Å². The first-order chi connectivity index (χ1) is 21.2. The first-order valence-electron chi connectivity index (χ1n) is 14.3. The molecule has 0 aliphatic carbocycles. The van der Waals surface area contributed by atoms with Crippen LogP contribution >= 0.6 is 23.5 Å². The summed E-state index contributed by atoms with van der Waals surface area (Å²) in [6.45, 7) is 8.92. The molecule has 0 spiro atoms. The van der Waals surface area contributed by atoms with Gasteiger partial charge in [0.05, 0.1) is 23.8 Å². The van der Waals surface area contributed by atoms with E-state index < -0.39 is 0 Å². The van der Waals surface area contributed by atoms with Crippen molar-refractivity contribution in [1.82, 2.24) is 9.80 Å². The first kappa shape index (κ1) is 32.6. The number of rotatable bonds is 9. The molecule has 5 rings (SSSR count). The molecule has 228 valence electrons. The lowest BCUT2D eigenvalue weighted by atomic mass is 10.1. The minimum absolute atomic E-state index is 0.109. The molecule has 10 heteroatoms. The Kier molecular flexibility index (Phi) is 11.5. The highest BCUT2D eigenvalue weighted by atomic mass is 32.2. The van der Waals surface area contributed by atoms with E-state index in [0.717, 1.165) is 44.6 Å². The van der Waals surface area contributed by atoms with Crippen molar-refractivity contribution in [3.8, 4) is 0 Å². The summed E-state index contributed by atoms with van der Waals surface area (Å²) in [5, 5.41) is 12.6. The number of nitrogens with one attached hydrogen (secondary N) is 2. The van der Waals surface area contributed by atoms with Gasteiger partial charge in [-0.3, -0.25) is 24.7 Å². The Morgan fingerprint density at radius 1 is 0.886 bits per heavy atom. The number of ketones is 1. The van der Waals surface area contributed by atoms with Crippen molar-refractivity contribution in [2.45, 2.75) is 34.2 Å². The molecule has 44 heavy (non-hydrogen) atoms. The number of anilines is 1. The molecular formula is C34H36N4O4S2. The third-order valence-electron chi connectivity index (χ3n) is 6.70. The zero-order valence-electron chi connectivity index (χ0n) is 25.3. The van der Waals surface area contributed by atoms with E-state index in [4.69, 9.17) is 10.1 Å². The summed E-state index contributed by atoms with van der Waals surface area (Å²) in [6.07, 6.45) is 0. The van der Waals surface area contributed by atoms with Gasteiger partial charge in [0.25, 0.3) is 5.91 Å². The van der Waals surface area contributed by atoms with Crippen molar-refractivity contribution >= 4 is 57.7 Å². The second kappa shape index (κ2) is 15.4. The SMILES string of the molecule is CC(=O)OCCN1C(c2ccccc2)=C(C)S/C1=C1\SC(=N)N(Cc2ccccc2)C1=O.CCNc1ccc(C(C)=O)cc1. The lowest BCUT2D eigenvalue weighted by molar-refractivity contribution is -0.141. The van der Waals surface area contributed by atoms with Gasteiger partial charge in [-0.25, -0.2) is 0 Å². The third kappa shape index (κ3) is 8.21. The van der Waals surface area contributed by atoms with Crippen LogP contribution in [0.25, 0.3) is 5.70 Å². The maximum absolute atomic E-state index is 13.3. The molecular weight excluding hydrogens is 593 g/mol. The number of esters is 1. The normalized spacial score (nSPS) is 16.2. The number of benzene rings is 3. The van der Waals surface area contributed by atoms with Gasteiger partial charge in [0.15, 0.2) is 11.0 Å². The van der Waals surface area contributed by atoms with Gasteiger partial charge in [0.2, 0.25) is 0 Å². The molecule has 0 unspecified atom stereocenters. The number of hydrogen-bond donors (Lipinski definition) is 2. The second-order valence-electron chi connectivity index (χ2n) is 9.95. The van der Waals surface area contributed by atoms with Crippen LogP contribution in [-0.4, -0.2) is 52.3 Å². The van der Waals surface area contributed by atoms with E-state index >= 15 is 0 Å². The second-order valence-corrected chi connectivity index (χ2v) is 12.1. The monoisotopic (exact) mass is 628 g/mol. The predicted molar refractivity (Wildman–Crippen MR) is 180 cm³/mol. The van der Waals surface area contributed by atoms with Crippen molar-refractivity contribution in [2.24, 2.45) is 0 Å². The van der Waals surface area contributed by atoms with Crippen LogP contribution in [0.1, 0.15) is 49.2 Å². The summed E-state index contributed by atoms with van der Waals surface area (Å²) in [5.41, 5.74) is 4.82. The van der Waals surface area contributed by atoms with E-state index in [-0.39, 0.29) is 29.4 Å². The number of amidine groups is 1. The molecule has 2 aliphatic rings. The van der Waals surface area contributed by atoms with Gasteiger partial charge < -0.3 is 15.0 Å². The van der Waals surface area contributed by atoms with E-state index in [0.29, 0.717) is 18.0 Å². The van der Waals surface area contributed by atoms with Gasteiger partial charge in [-0.1, -0.05) is 72.4 Å². The zero-order valence-corrected chi connectivity index (χ0v) is 26.9. The molecule has 3 aromatic carbocycles. The molecule has 0 bridgehead atoms. The topological polar surface area (TPSA) is 103 Å². The first-order valence-corrected chi connectivity index (χ1v) is 15.9.